The van der Waals surface area contributed by atoms with Crippen molar-refractivity contribution in [1.29, 1.82) is 0 Å². The summed E-state index contributed by atoms with van der Waals surface area (Å²) in [5, 5.41) is 8.59. The first-order valence-electron chi connectivity index (χ1n) is 9.86. The number of hydrogen-bond donors (Lipinski definition) is 1. The monoisotopic (exact) mass is 353 g/mol. The van der Waals surface area contributed by atoms with E-state index in [9.17, 15) is 14.4 Å². The normalized spacial score (nSPS) is 17.7. The summed E-state index contributed by atoms with van der Waals surface area (Å²) in [5.41, 5.74) is -0.569. The molecule has 1 amide bonds. The number of nitrogens with zero attached hydrogens (tertiary/aromatic N) is 1. The van der Waals surface area contributed by atoms with Gasteiger partial charge < -0.3 is 10.0 Å². The van der Waals surface area contributed by atoms with Crippen molar-refractivity contribution < 1.29 is 19.5 Å². The van der Waals surface area contributed by atoms with E-state index >= 15 is 0 Å². The van der Waals surface area contributed by atoms with Gasteiger partial charge in [-0.2, -0.15) is 0 Å². The van der Waals surface area contributed by atoms with Crippen molar-refractivity contribution in [2.75, 3.05) is 6.54 Å². The van der Waals surface area contributed by atoms with Crippen LogP contribution in [0.5, 0.6) is 0 Å². The van der Waals surface area contributed by atoms with Crippen LogP contribution in [0.3, 0.4) is 0 Å². The molecule has 5 heteroatoms. The zero-order valence-electron chi connectivity index (χ0n) is 16.2. The number of ketones is 1. The number of hydrogen-bond acceptors (Lipinski definition) is 3. The number of carbonyl (C=O) groups is 3. The summed E-state index contributed by atoms with van der Waals surface area (Å²) in [6.45, 7) is 6.36. The predicted octanol–water partition coefficient (Wildman–Crippen LogP) is 4.19. The Bertz CT molecular complexity index is 459. The van der Waals surface area contributed by atoms with Crippen LogP contribution in [0.15, 0.2) is 0 Å². The highest BCUT2D eigenvalue weighted by Crippen LogP contribution is 2.27. The zero-order chi connectivity index (χ0) is 18.9. The number of likely N-dealkylation sites (tertiary alicyclic amines) is 1. The Labute approximate surface area is 152 Å². The molecule has 1 rings (SSSR count). The Kier molecular flexibility index (Phi) is 9.15. The highest BCUT2D eigenvalue weighted by atomic mass is 16.4. The fourth-order valence-electron chi connectivity index (χ4n) is 3.35. The van der Waals surface area contributed by atoms with Gasteiger partial charge in [-0.05, 0) is 32.1 Å². The number of rotatable bonds is 12. The summed E-state index contributed by atoms with van der Waals surface area (Å²) >= 11 is 0. The molecule has 0 spiro atoms. The Morgan fingerprint density at radius 2 is 1.64 bits per heavy atom. The smallest absolute Gasteiger partial charge is 0.303 e. The second-order valence-electron chi connectivity index (χ2n) is 7.91. The van der Waals surface area contributed by atoms with Crippen molar-refractivity contribution in [2.45, 2.75) is 97.4 Å². The summed E-state index contributed by atoms with van der Waals surface area (Å²) in [7, 11) is 0. The molecule has 0 aromatic rings. The van der Waals surface area contributed by atoms with E-state index in [1.807, 2.05) is 25.7 Å². The van der Waals surface area contributed by atoms with Gasteiger partial charge in [0, 0.05) is 24.4 Å². The highest BCUT2D eigenvalue weighted by Gasteiger charge is 2.38. The summed E-state index contributed by atoms with van der Waals surface area (Å²) < 4.78 is 0. The molecule has 1 heterocycles. The fraction of sp³-hybridized carbons (Fsp3) is 0.850. The topological polar surface area (TPSA) is 74.7 Å². The lowest BCUT2D eigenvalue weighted by atomic mass is 9.84. The van der Waals surface area contributed by atoms with Gasteiger partial charge in [-0.3, -0.25) is 14.4 Å². The molecule has 0 radical (unpaired) electrons. The number of carbonyl (C=O) groups excluding carboxylic acids is 2. The third kappa shape index (κ3) is 7.17. The van der Waals surface area contributed by atoms with Crippen molar-refractivity contribution in [3.8, 4) is 0 Å². The van der Waals surface area contributed by atoms with Crippen LogP contribution < -0.4 is 0 Å². The Morgan fingerprint density at radius 1 is 1.04 bits per heavy atom. The molecule has 25 heavy (non-hydrogen) atoms. The van der Waals surface area contributed by atoms with Crippen molar-refractivity contribution >= 4 is 17.7 Å². The number of Topliss-reactive ketones (excluding diaryl/α,β-unsaturated/α-hetero) is 1. The molecular formula is C20H35NO4. The van der Waals surface area contributed by atoms with E-state index in [1.165, 1.54) is 0 Å². The van der Waals surface area contributed by atoms with Crippen LogP contribution in [-0.4, -0.2) is 40.3 Å². The lowest BCUT2D eigenvalue weighted by molar-refractivity contribution is -0.149. The second kappa shape index (κ2) is 10.6. The van der Waals surface area contributed by atoms with Crippen molar-refractivity contribution in [3.05, 3.63) is 0 Å². The quantitative estimate of drug-likeness (QED) is 0.422. The minimum absolute atomic E-state index is 0.219. The highest BCUT2D eigenvalue weighted by molar-refractivity contribution is 6.38. The van der Waals surface area contributed by atoms with Crippen LogP contribution in [0, 0.1) is 5.41 Å². The molecule has 0 aromatic carbocycles. The minimum atomic E-state index is -0.716. The van der Waals surface area contributed by atoms with E-state index in [4.69, 9.17) is 5.11 Å². The molecule has 0 aliphatic carbocycles. The van der Waals surface area contributed by atoms with E-state index < -0.39 is 11.4 Å². The van der Waals surface area contributed by atoms with Gasteiger partial charge in [0.15, 0.2) is 0 Å². The lowest BCUT2D eigenvalue weighted by Gasteiger charge is -2.28. The predicted molar refractivity (Wildman–Crippen MR) is 98.4 cm³/mol. The van der Waals surface area contributed by atoms with Gasteiger partial charge in [-0.1, -0.05) is 52.9 Å². The molecule has 0 bridgehead atoms. The molecule has 144 valence electrons. The van der Waals surface area contributed by atoms with E-state index in [1.54, 1.807) is 0 Å². The van der Waals surface area contributed by atoms with Crippen molar-refractivity contribution in [3.63, 3.8) is 0 Å². The molecule has 1 aliphatic rings. The summed E-state index contributed by atoms with van der Waals surface area (Å²) in [5.74, 6) is -1.25. The van der Waals surface area contributed by atoms with Gasteiger partial charge in [0.2, 0.25) is 5.78 Å². The van der Waals surface area contributed by atoms with Gasteiger partial charge in [-0.25, -0.2) is 0 Å². The Balaban J connectivity index is 2.28. The third-order valence-corrected chi connectivity index (χ3v) is 5.51. The molecule has 1 unspecified atom stereocenters. The molecule has 1 aliphatic heterocycles. The number of amides is 1. The average Bonchev–Trinajstić information content (AvgIpc) is 3.04. The molecule has 5 nitrogen and oxygen atoms in total. The van der Waals surface area contributed by atoms with Gasteiger partial charge >= 0.3 is 5.97 Å². The van der Waals surface area contributed by atoms with Crippen LogP contribution in [0.1, 0.15) is 91.4 Å². The van der Waals surface area contributed by atoms with E-state index in [0.717, 1.165) is 57.8 Å². The SMILES string of the molecule is CCC(C)(C)C(=O)C(=O)N1CCCC1CCCCCCCCC(=O)O. The second-order valence-corrected chi connectivity index (χ2v) is 7.91. The summed E-state index contributed by atoms with van der Waals surface area (Å²) in [6, 6.07) is 0.219. The summed E-state index contributed by atoms with van der Waals surface area (Å²) in [6.07, 6.45) is 10.0. The molecule has 1 fully saturated rings. The van der Waals surface area contributed by atoms with E-state index in [-0.39, 0.29) is 24.2 Å². The lowest BCUT2D eigenvalue weighted by Crippen LogP contribution is -2.44. The Morgan fingerprint density at radius 3 is 2.24 bits per heavy atom. The van der Waals surface area contributed by atoms with Crippen LogP contribution in [0.25, 0.3) is 0 Å². The van der Waals surface area contributed by atoms with E-state index in [0.29, 0.717) is 13.0 Å². The van der Waals surface area contributed by atoms with Crippen molar-refractivity contribution in [1.82, 2.24) is 4.90 Å². The van der Waals surface area contributed by atoms with Crippen molar-refractivity contribution in [2.24, 2.45) is 5.41 Å². The van der Waals surface area contributed by atoms with Gasteiger partial charge in [-0.15, -0.1) is 0 Å². The van der Waals surface area contributed by atoms with Crippen LogP contribution in [-0.2, 0) is 14.4 Å². The standard InChI is InChI=1S/C20H35NO4/c1-4-20(2,3)18(24)19(25)21-15-11-13-16(21)12-9-7-5-6-8-10-14-17(22)23/h16H,4-15H2,1-3H3,(H,22,23). The number of carboxylic acid groups (broad SMARTS) is 1. The molecule has 1 N–H and O–H groups in total. The zero-order valence-corrected chi connectivity index (χ0v) is 16.2. The van der Waals surface area contributed by atoms with Crippen LogP contribution in [0.2, 0.25) is 0 Å². The summed E-state index contributed by atoms with van der Waals surface area (Å²) in [4.78, 5) is 37.2. The van der Waals surface area contributed by atoms with Crippen LogP contribution >= 0.6 is 0 Å². The number of aliphatic carboxylic acids is 1. The average molecular weight is 354 g/mol. The molecule has 1 atom stereocenters. The largest absolute Gasteiger partial charge is 0.481 e. The van der Waals surface area contributed by atoms with Gasteiger partial charge in [0.1, 0.15) is 0 Å². The third-order valence-electron chi connectivity index (χ3n) is 5.51. The van der Waals surface area contributed by atoms with Gasteiger partial charge in [0.25, 0.3) is 5.91 Å². The molecule has 1 saturated heterocycles. The molecule has 0 aromatic heterocycles. The maximum absolute atomic E-state index is 12.6. The number of carboxylic acids is 1. The Hall–Kier alpha value is -1.39. The van der Waals surface area contributed by atoms with E-state index in [2.05, 4.69) is 0 Å². The first-order chi connectivity index (χ1) is 11.8. The van der Waals surface area contributed by atoms with Gasteiger partial charge in [0.05, 0.1) is 0 Å². The first kappa shape index (κ1) is 21.7. The number of unbranched alkanes of at least 4 members (excludes halogenated alkanes) is 5. The molecular weight excluding hydrogens is 318 g/mol. The maximum atomic E-state index is 12.6. The fourth-order valence-corrected chi connectivity index (χ4v) is 3.35. The maximum Gasteiger partial charge on any atom is 0.303 e. The molecule has 0 saturated carbocycles. The first-order valence-corrected chi connectivity index (χ1v) is 9.86. The minimum Gasteiger partial charge on any atom is -0.481 e. The van der Waals surface area contributed by atoms with Crippen LogP contribution in [0.4, 0.5) is 0 Å².